The van der Waals surface area contributed by atoms with E-state index in [9.17, 15) is 0 Å². The molecule has 1 aliphatic rings. The number of pyridine rings is 1. The first-order chi connectivity index (χ1) is 11.2. The number of aromatic nitrogens is 1. The molecule has 0 atom stereocenters. The molecule has 0 spiro atoms. The fourth-order valence-electron chi connectivity index (χ4n) is 2.75. The van der Waals surface area contributed by atoms with Crippen LogP contribution in [0.3, 0.4) is 0 Å². The van der Waals surface area contributed by atoms with Crippen LogP contribution in [0.2, 0.25) is 0 Å². The molecule has 0 amide bonds. The minimum absolute atomic E-state index is 0.718. The quantitative estimate of drug-likeness (QED) is 0.909. The van der Waals surface area contributed by atoms with E-state index >= 15 is 0 Å². The Morgan fingerprint density at radius 3 is 2.22 bits per heavy atom. The zero-order valence-electron chi connectivity index (χ0n) is 14.5. The van der Waals surface area contributed by atoms with Gasteiger partial charge in [0, 0.05) is 26.2 Å². The topological polar surface area (TPSA) is 66.9 Å². The summed E-state index contributed by atoms with van der Waals surface area (Å²) in [4.78, 5) is 16.5. The van der Waals surface area contributed by atoms with Gasteiger partial charge in [-0.05, 0) is 58.3 Å². The standard InChI is InChI=1S/C18H29N5/c1-15-17-7-5-8-18(22-17)16(2)21-11-6-13-23(14-9-19)12-4-3-10-20-15/h5,7-8H,3-4,6,9-14,19H2,1-2H3. The van der Waals surface area contributed by atoms with Gasteiger partial charge in [-0.15, -0.1) is 0 Å². The molecule has 1 aliphatic heterocycles. The molecular formula is C18H29N5. The van der Waals surface area contributed by atoms with E-state index in [4.69, 9.17) is 10.7 Å². The molecule has 1 aromatic rings. The number of hydrogen-bond donors (Lipinski definition) is 1. The van der Waals surface area contributed by atoms with Crippen molar-refractivity contribution in [3.05, 3.63) is 29.6 Å². The molecule has 0 aliphatic carbocycles. The average Bonchev–Trinajstić information content (AvgIpc) is 2.57. The molecule has 23 heavy (non-hydrogen) atoms. The summed E-state index contributed by atoms with van der Waals surface area (Å²) >= 11 is 0. The molecule has 1 aromatic heterocycles. The van der Waals surface area contributed by atoms with E-state index in [2.05, 4.69) is 14.9 Å². The lowest BCUT2D eigenvalue weighted by molar-refractivity contribution is 0.274. The maximum Gasteiger partial charge on any atom is 0.0845 e. The normalized spacial score (nSPS) is 18.6. The molecular weight excluding hydrogens is 286 g/mol. The molecule has 2 heterocycles. The Morgan fingerprint density at radius 2 is 1.57 bits per heavy atom. The Balaban J connectivity index is 2.15. The lowest BCUT2D eigenvalue weighted by Gasteiger charge is -2.20. The Kier molecular flexibility index (Phi) is 7.36. The molecule has 0 fully saturated rings. The summed E-state index contributed by atoms with van der Waals surface area (Å²) in [7, 11) is 0. The number of rotatable bonds is 2. The number of fused-ring (bicyclic) bond motifs is 2. The lowest BCUT2D eigenvalue weighted by Crippen LogP contribution is -2.31. The van der Waals surface area contributed by atoms with Crippen molar-refractivity contribution in [2.45, 2.75) is 33.1 Å². The van der Waals surface area contributed by atoms with E-state index < -0.39 is 0 Å². The Bertz CT molecular complexity index is 550. The summed E-state index contributed by atoms with van der Waals surface area (Å²) in [6, 6.07) is 6.09. The third kappa shape index (κ3) is 5.84. The van der Waals surface area contributed by atoms with Crippen molar-refractivity contribution in [2.75, 3.05) is 39.3 Å². The van der Waals surface area contributed by atoms with Crippen molar-refractivity contribution < 1.29 is 0 Å². The van der Waals surface area contributed by atoms with Gasteiger partial charge in [0.25, 0.3) is 0 Å². The highest BCUT2D eigenvalue weighted by atomic mass is 15.1. The molecule has 0 aromatic carbocycles. The van der Waals surface area contributed by atoms with Crippen molar-refractivity contribution in [1.29, 1.82) is 0 Å². The van der Waals surface area contributed by atoms with Crippen molar-refractivity contribution in [3.63, 3.8) is 0 Å². The van der Waals surface area contributed by atoms with Crippen LogP contribution in [-0.2, 0) is 0 Å². The average molecular weight is 315 g/mol. The van der Waals surface area contributed by atoms with Gasteiger partial charge < -0.3 is 10.6 Å². The first kappa shape index (κ1) is 17.8. The van der Waals surface area contributed by atoms with E-state index in [1.807, 2.05) is 32.0 Å². The van der Waals surface area contributed by atoms with Crippen LogP contribution >= 0.6 is 0 Å². The SMILES string of the molecule is CC1=NCCCCN(CCN)CCCN=C(C)c2cccc1n2. The molecule has 0 saturated heterocycles. The van der Waals surface area contributed by atoms with E-state index in [1.165, 1.54) is 0 Å². The maximum atomic E-state index is 5.72. The molecule has 0 saturated carbocycles. The number of nitrogens with zero attached hydrogens (tertiary/aromatic N) is 4. The van der Waals surface area contributed by atoms with Gasteiger partial charge >= 0.3 is 0 Å². The van der Waals surface area contributed by atoms with Gasteiger partial charge in [0.05, 0.1) is 22.8 Å². The maximum absolute atomic E-state index is 5.72. The monoisotopic (exact) mass is 315 g/mol. The minimum atomic E-state index is 0.718. The fraction of sp³-hybridized carbons (Fsp3) is 0.611. The van der Waals surface area contributed by atoms with Crippen LogP contribution < -0.4 is 5.73 Å². The highest BCUT2D eigenvalue weighted by Gasteiger charge is 2.06. The zero-order valence-corrected chi connectivity index (χ0v) is 14.5. The minimum Gasteiger partial charge on any atom is -0.329 e. The van der Waals surface area contributed by atoms with E-state index in [0.717, 1.165) is 81.3 Å². The Hall–Kier alpha value is -1.59. The highest BCUT2D eigenvalue weighted by Crippen LogP contribution is 2.06. The van der Waals surface area contributed by atoms with Crippen molar-refractivity contribution >= 4 is 11.4 Å². The third-order valence-corrected chi connectivity index (χ3v) is 4.15. The van der Waals surface area contributed by atoms with Crippen LogP contribution in [0.25, 0.3) is 0 Å². The zero-order chi connectivity index (χ0) is 16.5. The van der Waals surface area contributed by atoms with Crippen molar-refractivity contribution in [2.24, 2.45) is 15.7 Å². The summed E-state index contributed by atoms with van der Waals surface area (Å²) in [6.07, 6.45) is 3.33. The van der Waals surface area contributed by atoms with Crippen LogP contribution in [0.1, 0.15) is 44.5 Å². The first-order valence-corrected chi connectivity index (χ1v) is 8.63. The van der Waals surface area contributed by atoms with E-state index in [0.29, 0.717) is 0 Å². The summed E-state index contributed by atoms with van der Waals surface area (Å²) in [5, 5.41) is 0. The molecule has 2 rings (SSSR count). The Labute approximate surface area is 139 Å². The van der Waals surface area contributed by atoms with Gasteiger partial charge in [0.15, 0.2) is 0 Å². The summed E-state index contributed by atoms with van der Waals surface area (Å²) in [5.74, 6) is 0. The molecule has 5 nitrogen and oxygen atoms in total. The first-order valence-electron chi connectivity index (χ1n) is 8.63. The van der Waals surface area contributed by atoms with Gasteiger partial charge in [0.2, 0.25) is 0 Å². The molecule has 2 N–H and O–H groups in total. The van der Waals surface area contributed by atoms with Gasteiger partial charge in [0.1, 0.15) is 0 Å². The van der Waals surface area contributed by atoms with Gasteiger partial charge in [-0.1, -0.05) is 6.07 Å². The molecule has 0 radical (unpaired) electrons. The number of hydrogen-bond acceptors (Lipinski definition) is 5. The summed E-state index contributed by atoms with van der Waals surface area (Å²) in [6.45, 7) is 9.62. The van der Waals surface area contributed by atoms with Crippen LogP contribution in [0, 0.1) is 0 Å². The van der Waals surface area contributed by atoms with Crippen molar-refractivity contribution in [1.82, 2.24) is 9.88 Å². The number of aliphatic imine (C=N–C) groups is 2. The van der Waals surface area contributed by atoms with Crippen LogP contribution in [0.5, 0.6) is 0 Å². The fourth-order valence-corrected chi connectivity index (χ4v) is 2.75. The second-order valence-corrected chi connectivity index (χ2v) is 6.03. The molecule has 5 heteroatoms. The largest absolute Gasteiger partial charge is 0.329 e. The lowest BCUT2D eigenvalue weighted by atomic mass is 10.2. The predicted molar refractivity (Wildman–Crippen MR) is 97.7 cm³/mol. The second kappa shape index (κ2) is 9.53. The third-order valence-electron chi connectivity index (χ3n) is 4.15. The van der Waals surface area contributed by atoms with Crippen LogP contribution in [0.15, 0.2) is 28.2 Å². The van der Waals surface area contributed by atoms with Crippen molar-refractivity contribution in [3.8, 4) is 0 Å². The van der Waals surface area contributed by atoms with Gasteiger partial charge in [-0.25, -0.2) is 4.98 Å². The molecule has 2 bridgehead atoms. The highest BCUT2D eigenvalue weighted by molar-refractivity contribution is 6.00. The second-order valence-electron chi connectivity index (χ2n) is 6.03. The van der Waals surface area contributed by atoms with E-state index in [-0.39, 0.29) is 0 Å². The Morgan fingerprint density at radius 1 is 0.957 bits per heavy atom. The smallest absolute Gasteiger partial charge is 0.0845 e. The van der Waals surface area contributed by atoms with Crippen LogP contribution in [0.4, 0.5) is 0 Å². The molecule has 126 valence electrons. The number of nitrogens with two attached hydrogens (primary N) is 1. The van der Waals surface area contributed by atoms with E-state index in [1.54, 1.807) is 0 Å². The molecule has 0 unspecified atom stereocenters. The van der Waals surface area contributed by atoms with Crippen LogP contribution in [-0.4, -0.2) is 60.6 Å². The van der Waals surface area contributed by atoms with Gasteiger partial charge in [-0.3, -0.25) is 9.98 Å². The summed E-state index contributed by atoms with van der Waals surface area (Å²) < 4.78 is 0. The predicted octanol–water partition coefficient (Wildman–Crippen LogP) is 2.14. The van der Waals surface area contributed by atoms with Gasteiger partial charge in [-0.2, -0.15) is 0 Å². The summed E-state index contributed by atoms with van der Waals surface area (Å²) in [5.41, 5.74) is 9.63.